The van der Waals surface area contributed by atoms with Crippen LogP contribution in [0, 0.1) is 0 Å². The number of fused-ring (bicyclic) bond motifs is 3. The standard InChI is InChI=1S/C16H16N2O4/c1-3-22-16(20)18-10-12-9-11(15(19)21-2)6-7-13(12)14-5-4-8-17(14)18/h4-9H,3,10H2,1-2H3. The Hall–Kier alpha value is -2.76. The Bertz CT molecular complexity index is 735. The molecular weight excluding hydrogens is 284 g/mol. The summed E-state index contributed by atoms with van der Waals surface area (Å²) >= 11 is 0. The minimum atomic E-state index is -0.422. The predicted molar refractivity (Wildman–Crippen MR) is 80.2 cm³/mol. The zero-order valence-electron chi connectivity index (χ0n) is 12.4. The molecule has 0 saturated carbocycles. The number of ether oxygens (including phenoxy) is 2. The number of carbonyl (C=O) groups is 2. The van der Waals surface area contributed by atoms with Gasteiger partial charge in [-0.1, -0.05) is 6.07 Å². The lowest BCUT2D eigenvalue weighted by molar-refractivity contribution is 0.0600. The fraction of sp³-hybridized carbons (Fsp3) is 0.250. The molecule has 0 N–H and O–H groups in total. The van der Waals surface area contributed by atoms with Crippen molar-refractivity contribution in [3.63, 3.8) is 0 Å². The molecule has 6 nitrogen and oxygen atoms in total. The van der Waals surface area contributed by atoms with Crippen LogP contribution in [0.5, 0.6) is 0 Å². The molecule has 0 bridgehead atoms. The average Bonchev–Trinajstić information content (AvgIpc) is 3.02. The minimum Gasteiger partial charge on any atom is -0.465 e. The van der Waals surface area contributed by atoms with Crippen molar-refractivity contribution in [2.75, 3.05) is 18.7 Å². The molecule has 0 aliphatic carbocycles. The number of aromatic nitrogens is 1. The molecule has 1 aromatic carbocycles. The van der Waals surface area contributed by atoms with Gasteiger partial charge in [-0.05, 0) is 36.8 Å². The third-order valence-electron chi connectivity index (χ3n) is 3.59. The van der Waals surface area contributed by atoms with E-state index in [4.69, 9.17) is 9.47 Å². The van der Waals surface area contributed by atoms with Gasteiger partial charge in [-0.2, -0.15) is 0 Å². The van der Waals surface area contributed by atoms with Gasteiger partial charge in [0.05, 0.1) is 31.5 Å². The van der Waals surface area contributed by atoms with Gasteiger partial charge in [-0.25, -0.2) is 14.6 Å². The first-order valence-electron chi connectivity index (χ1n) is 6.99. The molecule has 22 heavy (non-hydrogen) atoms. The minimum absolute atomic E-state index is 0.307. The molecule has 0 atom stereocenters. The maximum atomic E-state index is 12.1. The molecule has 0 spiro atoms. The third-order valence-corrected chi connectivity index (χ3v) is 3.59. The normalized spacial score (nSPS) is 12.4. The first-order valence-corrected chi connectivity index (χ1v) is 6.99. The van der Waals surface area contributed by atoms with Crippen LogP contribution < -0.4 is 5.01 Å². The highest BCUT2D eigenvalue weighted by atomic mass is 16.6. The van der Waals surface area contributed by atoms with Crippen LogP contribution in [0.25, 0.3) is 11.3 Å². The number of benzene rings is 1. The van der Waals surface area contributed by atoms with Crippen molar-refractivity contribution in [1.82, 2.24) is 4.68 Å². The third kappa shape index (κ3) is 2.22. The Kier molecular flexibility index (Phi) is 3.58. The monoisotopic (exact) mass is 300 g/mol. The van der Waals surface area contributed by atoms with Gasteiger partial charge in [0.1, 0.15) is 0 Å². The summed E-state index contributed by atoms with van der Waals surface area (Å²) in [6.45, 7) is 2.41. The van der Waals surface area contributed by atoms with Crippen LogP contribution >= 0.6 is 0 Å². The molecule has 1 aliphatic rings. The number of carbonyl (C=O) groups excluding carboxylic acids is 2. The molecule has 0 radical (unpaired) electrons. The van der Waals surface area contributed by atoms with Crippen molar-refractivity contribution in [2.24, 2.45) is 0 Å². The summed E-state index contributed by atoms with van der Waals surface area (Å²) in [7, 11) is 1.35. The van der Waals surface area contributed by atoms with Crippen molar-refractivity contribution >= 4 is 12.1 Å². The summed E-state index contributed by atoms with van der Waals surface area (Å²) in [6, 6.07) is 9.13. The maximum absolute atomic E-state index is 12.1. The number of esters is 1. The highest BCUT2D eigenvalue weighted by Crippen LogP contribution is 2.31. The second-order valence-electron chi connectivity index (χ2n) is 4.86. The van der Waals surface area contributed by atoms with Crippen LogP contribution in [0.4, 0.5) is 4.79 Å². The average molecular weight is 300 g/mol. The maximum Gasteiger partial charge on any atom is 0.429 e. The van der Waals surface area contributed by atoms with E-state index in [1.807, 2.05) is 24.4 Å². The Morgan fingerprint density at radius 1 is 1.27 bits per heavy atom. The lowest BCUT2D eigenvalue weighted by Gasteiger charge is -2.30. The fourth-order valence-electron chi connectivity index (χ4n) is 2.60. The Morgan fingerprint density at radius 2 is 2.09 bits per heavy atom. The first kappa shape index (κ1) is 14.2. The van der Waals surface area contributed by atoms with Crippen LogP contribution in [0.3, 0.4) is 0 Å². The number of hydrogen-bond donors (Lipinski definition) is 0. The van der Waals surface area contributed by atoms with Crippen LogP contribution in [-0.2, 0) is 16.0 Å². The molecular formula is C16H16N2O4. The molecule has 1 amide bonds. The summed E-state index contributed by atoms with van der Waals surface area (Å²) in [5.41, 5.74) is 3.20. The molecule has 114 valence electrons. The molecule has 0 fully saturated rings. The fourth-order valence-corrected chi connectivity index (χ4v) is 2.60. The zero-order chi connectivity index (χ0) is 15.7. The molecule has 2 aromatic rings. The highest BCUT2D eigenvalue weighted by molar-refractivity contribution is 5.91. The lowest BCUT2D eigenvalue weighted by atomic mass is 10.00. The van der Waals surface area contributed by atoms with E-state index in [0.29, 0.717) is 18.7 Å². The van der Waals surface area contributed by atoms with E-state index < -0.39 is 12.1 Å². The Balaban J connectivity index is 2.05. The SMILES string of the molecule is CCOC(=O)N1Cc2cc(C(=O)OC)ccc2-c2cccn21. The molecule has 0 unspecified atom stereocenters. The van der Waals surface area contributed by atoms with E-state index in [9.17, 15) is 9.59 Å². The highest BCUT2D eigenvalue weighted by Gasteiger charge is 2.27. The summed E-state index contributed by atoms with van der Waals surface area (Å²) in [5.74, 6) is -0.397. The zero-order valence-corrected chi connectivity index (χ0v) is 12.4. The summed E-state index contributed by atoms with van der Waals surface area (Å²) in [6.07, 6.45) is 1.39. The van der Waals surface area contributed by atoms with Gasteiger partial charge in [0, 0.05) is 11.8 Å². The molecule has 3 rings (SSSR count). The van der Waals surface area contributed by atoms with E-state index in [-0.39, 0.29) is 0 Å². The molecule has 0 saturated heterocycles. The largest absolute Gasteiger partial charge is 0.465 e. The van der Waals surface area contributed by atoms with Gasteiger partial charge in [-0.3, -0.25) is 4.68 Å². The molecule has 1 aliphatic heterocycles. The summed E-state index contributed by atoms with van der Waals surface area (Å²) < 4.78 is 11.6. The number of nitrogens with zero attached hydrogens (tertiary/aromatic N) is 2. The number of methoxy groups -OCH3 is 1. The molecule has 6 heteroatoms. The lowest BCUT2D eigenvalue weighted by Crippen LogP contribution is -2.42. The van der Waals surface area contributed by atoms with Crippen molar-refractivity contribution < 1.29 is 19.1 Å². The summed E-state index contributed by atoms with van der Waals surface area (Å²) in [4.78, 5) is 23.8. The molecule has 2 heterocycles. The van der Waals surface area contributed by atoms with E-state index in [2.05, 4.69) is 0 Å². The first-order chi connectivity index (χ1) is 10.7. The van der Waals surface area contributed by atoms with Crippen LogP contribution in [0.1, 0.15) is 22.8 Å². The number of hydrogen-bond acceptors (Lipinski definition) is 4. The van der Waals surface area contributed by atoms with Gasteiger partial charge in [0.2, 0.25) is 0 Å². The number of rotatable bonds is 2. The van der Waals surface area contributed by atoms with E-state index >= 15 is 0 Å². The van der Waals surface area contributed by atoms with Gasteiger partial charge in [-0.15, -0.1) is 0 Å². The van der Waals surface area contributed by atoms with E-state index in [1.165, 1.54) is 12.1 Å². The van der Waals surface area contributed by atoms with E-state index in [0.717, 1.165) is 16.8 Å². The topological polar surface area (TPSA) is 60.8 Å². The second-order valence-corrected chi connectivity index (χ2v) is 4.86. The van der Waals surface area contributed by atoms with Gasteiger partial charge in [0.25, 0.3) is 0 Å². The van der Waals surface area contributed by atoms with Crippen molar-refractivity contribution in [2.45, 2.75) is 13.5 Å². The van der Waals surface area contributed by atoms with Gasteiger partial charge in [0.15, 0.2) is 0 Å². The Labute approximate surface area is 127 Å². The van der Waals surface area contributed by atoms with E-state index in [1.54, 1.807) is 23.7 Å². The summed E-state index contributed by atoms with van der Waals surface area (Å²) in [5, 5.41) is 1.50. The van der Waals surface area contributed by atoms with Crippen LogP contribution in [0.15, 0.2) is 36.5 Å². The Morgan fingerprint density at radius 3 is 2.82 bits per heavy atom. The van der Waals surface area contributed by atoms with Crippen LogP contribution in [0.2, 0.25) is 0 Å². The van der Waals surface area contributed by atoms with Crippen molar-refractivity contribution in [3.8, 4) is 11.3 Å². The van der Waals surface area contributed by atoms with Crippen molar-refractivity contribution in [1.29, 1.82) is 0 Å². The molecule has 1 aromatic heterocycles. The van der Waals surface area contributed by atoms with Gasteiger partial charge < -0.3 is 9.47 Å². The second kappa shape index (κ2) is 5.55. The van der Waals surface area contributed by atoms with Gasteiger partial charge >= 0.3 is 12.1 Å². The number of amides is 1. The predicted octanol–water partition coefficient (Wildman–Crippen LogP) is 2.55. The quantitative estimate of drug-likeness (QED) is 0.800. The van der Waals surface area contributed by atoms with Crippen molar-refractivity contribution in [3.05, 3.63) is 47.7 Å². The van der Waals surface area contributed by atoms with Crippen LogP contribution in [-0.4, -0.2) is 30.5 Å². The smallest absolute Gasteiger partial charge is 0.429 e.